The first-order chi connectivity index (χ1) is 9.69. The largest absolute Gasteiger partial charge is 0.459 e. The summed E-state index contributed by atoms with van der Waals surface area (Å²) in [5.74, 6) is 1.55. The van der Waals surface area contributed by atoms with Crippen LogP contribution in [-0.4, -0.2) is 13.2 Å². The third-order valence-corrected chi connectivity index (χ3v) is 3.98. The number of nitrogens with one attached hydrogen (secondary N) is 1. The number of methoxy groups -OCH3 is 1. The van der Waals surface area contributed by atoms with E-state index in [2.05, 4.69) is 37.4 Å². The normalized spacial score (nSPS) is 15.4. The van der Waals surface area contributed by atoms with Crippen molar-refractivity contribution >= 4 is 11.0 Å². The molecule has 0 aliphatic heterocycles. The van der Waals surface area contributed by atoms with Gasteiger partial charge in [-0.1, -0.05) is 19.9 Å². The standard InChI is InChI=1S/C17H23NO2/c1-11(2)12-4-7-16-14(8-12)15(10-19-3)17(20-16)9-18-13-5-6-13/h4,7-8,11,13,18H,5-6,9-10H2,1-3H3. The first kappa shape index (κ1) is 13.7. The van der Waals surface area contributed by atoms with Gasteiger partial charge in [0.05, 0.1) is 13.2 Å². The molecule has 1 aromatic carbocycles. The zero-order valence-electron chi connectivity index (χ0n) is 12.5. The molecule has 108 valence electrons. The van der Waals surface area contributed by atoms with Gasteiger partial charge in [-0.3, -0.25) is 0 Å². The fraction of sp³-hybridized carbons (Fsp3) is 0.529. The first-order valence-corrected chi connectivity index (χ1v) is 7.45. The van der Waals surface area contributed by atoms with E-state index >= 15 is 0 Å². The number of hydrogen-bond donors (Lipinski definition) is 1. The van der Waals surface area contributed by atoms with E-state index < -0.39 is 0 Å². The van der Waals surface area contributed by atoms with Gasteiger partial charge in [0.2, 0.25) is 0 Å². The lowest BCUT2D eigenvalue weighted by molar-refractivity contribution is 0.183. The highest BCUT2D eigenvalue weighted by molar-refractivity contribution is 5.83. The van der Waals surface area contributed by atoms with Gasteiger partial charge >= 0.3 is 0 Å². The molecule has 0 unspecified atom stereocenters. The predicted molar refractivity (Wildman–Crippen MR) is 80.9 cm³/mol. The van der Waals surface area contributed by atoms with Crippen LogP contribution in [0.15, 0.2) is 22.6 Å². The van der Waals surface area contributed by atoms with Crippen LogP contribution in [0.2, 0.25) is 0 Å². The first-order valence-electron chi connectivity index (χ1n) is 7.45. The van der Waals surface area contributed by atoms with Crippen molar-refractivity contribution in [3.05, 3.63) is 35.1 Å². The Labute approximate surface area is 120 Å². The van der Waals surface area contributed by atoms with Crippen LogP contribution < -0.4 is 5.32 Å². The van der Waals surface area contributed by atoms with Gasteiger partial charge in [-0.2, -0.15) is 0 Å². The molecular weight excluding hydrogens is 250 g/mol. The lowest BCUT2D eigenvalue weighted by Gasteiger charge is -2.06. The molecule has 1 aromatic heterocycles. The zero-order valence-corrected chi connectivity index (χ0v) is 12.5. The second kappa shape index (κ2) is 5.58. The van der Waals surface area contributed by atoms with Gasteiger partial charge in [-0.25, -0.2) is 0 Å². The van der Waals surface area contributed by atoms with Gasteiger partial charge in [0.15, 0.2) is 0 Å². The maximum absolute atomic E-state index is 6.02. The summed E-state index contributed by atoms with van der Waals surface area (Å²) in [5.41, 5.74) is 3.50. The van der Waals surface area contributed by atoms with E-state index in [1.54, 1.807) is 7.11 Å². The number of ether oxygens (including phenoxy) is 1. The van der Waals surface area contributed by atoms with Crippen molar-refractivity contribution < 1.29 is 9.15 Å². The van der Waals surface area contributed by atoms with Crippen molar-refractivity contribution in [1.82, 2.24) is 5.32 Å². The molecule has 3 heteroatoms. The SMILES string of the molecule is COCc1c(CNC2CC2)oc2ccc(C(C)C)cc12. The molecule has 1 fully saturated rings. The topological polar surface area (TPSA) is 34.4 Å². The van der Waals surface area contributed by atoms with E-state index in [1.807, 2.05) is 0 Å². The molecular formula is C17H23NO2. The molecule has 2 aromatic rings. The summed E-state index contributed by atoms with van der Waals surface area (Å²) >= 11 is 0. The van der Waals surface area contributed by atoms with Crippen molar-refractivity contribution in [2.24, 2.45) is 0 Å². The highest BCUT2D eigenvalue weighted by Crippen LogP contribution is 2.30. The Morgan fingerprint density at radius 3 is 2.80 bits per heavy atom. The Morgan fingerprint density at radius 1 is 1.35 bits per heavy atom. The summed E-state index contributed by atoms with van der Waals surface area (Å²) in [6, 6.07) is 7.18. The minimum Gasteiger partial charge on any atom is -0.459 e. The lowest BCUT2D eigenvalue weighted by atomic mass is 10.0. The number of benzene rings is 1. The Hall–Kier alpha value is -1.32. The van der Waals surface area contributed by atoms with E-state index in [1.165, 1.54) is 29.4 Å². The maximum atomic E-state index is 6.02. The second-order valence-corrected chi connectivity index (χ2v) is 6.00. The van der Waals surface area contributed by atoms with E-state index in [4.69, 9.17) is 9.15 Å². The van der Waals surface area contributed by atoms with Crippen LogP contribution in [0.3, 0.4) is 0 Å². The van der Waals surface area contributed by atoms with E-state index in [0.29, 0.717) is 18.6 Å². The molecule has 20 heavy (non-hydrogen) atoms. The van der Waals surface area contributed by atoms with Gasteiger partial charge in [0.1, 0.15) is 11.3 Å². The summed E-state index contributed by atoms with van der Waals surface area (Å²) in [6.07, 6.45) is 2.58. The van der Waals surface area contributed by atoms with Crippen LogP contribution in [0, 0.1) is 0 Å². The van der Waals surface area contributed by atoms with Crippen LogP contribution in [0.5, 0.6) is 0 Å². The Morgan fingerprint density at radius 2 is 2.15 bits per heavy atom. The maximum Gasteiger partial charge on any atom is 0.134 e. The molecule has 3 nitrogen and oxygen atoms in total. The molecule has 1 saturated carbocycles. The molecule has 0 amide bonds. The van der Waals surface area contributed by atoms with Crippen molar-refractivity contribution in [3.63, 3.8) is 0 Å². The quantitative estimate of drug-likeness (QED) is 0.865. The van der Waals surface area contributed by atoms with Crippen molar-refractivity contribution in [2.75, 3.05) is 7.11 Å². The molecule has 1 N–H and O–H groups in total. The van der Waals surface area contributed by atoms with E-state index in [-0.39, 0.29) is 0 Å². The molecule has 3 rings (SSSR count). The van der Waals surface area contributed by atoms with Gasteiger partial charge in [-0.05, 0) is 36.5 Å². The van der Waals surface area contributed by atoms with Crippen LogP contribution in [0.1, 0.15) is 49.5 Å². The summed E-state index contributed by atoms with van der Waals surface area (Å²) in [4.78, 5) is 0. The summed E-state index contributed by atoms with van der Waals surface area (Å²) < 4.78 is 11.4. The monoisotopic (exact) mass is 273 g/mol. The predicted octanol–water partition coefficient (Wildman–Crippen LogP) is 3.95. The highest BCUT2D eigenvalue weighted by Gasteiger charge is 2.22. The molecule has 0 spiro atoms. The lowest BCUT2D eigenvalue weighted by Crippen LogP contribution is -2.15. The minimum absolute atomic E-state index is 0.526. The zero-order chi connectivity index (χ0) is 14.1. The molecule has 0 radical (unpaired) electrons. The van der Waals surface area contributed by atoms with Crippen LogP contribution in [0.25, 0.3) is 11.0 Å². The smallest absolute Gasteiger partial charge is 0.134 e. The minimum atomic E-state index is 0.526. The summed E-state index contributed by atoms with van der Waals surface area (Å²) in [7, 11) is 1.74. The Bertz CT molecular complexity index is 596. The van der Waals surface area contributed by atoms with Gasteiger partial charge in [0, 0.05) is 24.1 Å². The van der Waals surface area contributed by atoms with Gasteiger partial charge < -0.3 is 14.5 Å². The van der Waals surface area contributed by atoms with Crippen LogP contribution in [0.4, 0.5) is 0 Å². The Kier molecular flexibility index (Phi) is 3.81. The third kappa shape index (κ3) is 2.74. The van der Waals surface area contributed by atoms with Crippen molar-refractivity contribution in [2.45, 2.75) is 51.8 Å². The molecule has 1 heterocycles. The van der Waals surface area contributed by atoms with Crippen molar-refractivity contribution in [1.29, 1.82) is 0 Å². The van der Waals surface area contributed by atoms with Crippen molar-refractivity contribution in [3.8, 4) is 0 Å². The Balaban J connectivity index is 1.97. The third-order valence-electron chi connectivity index (χ3n) is 3.98. The number of rotatable bonds is 6. The summed E-state index contributed by atoms with van der Waals surface area (Å²) in [5, 5.41) is 4.72. The van der Waals surface area contributed by atoms with E-state index in [0.717, 1.165) is 17.9 Å². The number of hydrogen-bond acceptors (Lipinski definition) is 3. The molecule has 0 atom stereocenters. The average Bonchev–Trinajstić information content (AvgIpc) is 3.20. The molecule has 0 saturated heterocycles. The summed E-state index contributed by atoms with van der Waals surface area (Å²) in [6.45, 7) is 5.84. The molecule has 1 aliphatic carbocycles. The highest BCUT2D eigenvalue weighted by atomic mass is 16.5. The van der Waals surface area contributed by atoms with Gasteiger partial charge in [-0.15, -0.1) is 0 Å². The fourth-order valence-corrected chi connectivity index (χ4v) is 2.55. The number of fused-ring (bicyclic) bond motifs is 1. The molecule has 1 aliphatic rings. The number of furan rings is 1. The van der Waals surface area contributed by atoms with Crippen LogP contribution >= 0.6 is 0 Å². The fourth-order valence-electron chi connectivity index (χ4n) is 2.55. The van der Waals surface area contributed by atoms with E-state index in [9.17, 15) is 0 Å². The second-order valence-electron chi connectivity index (χ2n) is 6.00. The average molecular weight is 273 g/mol. The molecule has 0 bridgehead atoms. The van der Waals surface area contributed by atoms with Gasteiger partial charge in [0.25, 0.3) is 0 Å². The van der Waals surface area contributed by atoms with Crippen LogP contribution in [-0.2, 0) is 17.9 Å².